The predicted molar refractivity (Wildman–Crippen MR) is 165 cm³/mol. The second kappa shape index (κ2) is 10.9. The highest BCUT2D eigenvalue weighted by Gasteiger charge is 2.42. The Bertz CT molecular complexity index is 1530. The number of hydrogen-bond donors (Lipinski definition) is 1. The Morgan fingerprint density at radius 2 is 1.70 bits per heavy atom. The lowest BCUT2D eigenvalue weighted by molar-refractivity contribution is 0.438. The molecule has 0 unspecified atom stereocenters. The first kappa shape index (κ1) is 26.8. The molecule has 40 heavy (non-hydrogen) atoms. The molecule has 0 bridgehead atoms. The van der Waals surface area contributed by atoms with Crippen molar-refractivity contribution in [2.45, 2.75) is 45.7 Å². The van der Waals surface area contributed by atoms with Gasteiger partial charge in [0.2, 0.25) is 0 Å². The van der Waals surface area contributed by atoms with Crippen molar-refractivity contribution in [3.05, 3.63) is 106 Å². The number of rotatable bonds is 5. The topological polar surface area (TPSA) is 36.3 Å². The maximum atomic E-state index is 13.7. The molecule has 2 atom stereocenters. The molecule has 0 saturated carbocycles. The third-order valence-electron chi connectivity index (χ3n) is 8.31. The lowest BCUT2D eigenvalue weighted by Crippen LogP contribution is -2.33. The van der Waals surface area contributed by atoms with Gasteiger partial charge in [0, 0.05) is 42.0 Å². The number of nitrogens with zero attached hydrogens (tertiary/aromatic N) is 4. The number of nitrogens with one attached hydrogen (secondary N) is 1. The number of pyridine rings is 1. The van der Waals surface area contributed by atoms with Gasteiger partial charge in [-0.2, -0.15) is 0 Å². The summed E-state index contributed by atoms with van der Waals surface area (Å²) in [7, 11) is 0. The van der Waals surface area contributed by atoms with Crippen molar-refractivity contribution in [3.8, 4) is 5.69 Å². The van der Waals surface area contributed by atoms with Crippen LogP contribution in [0.5, 0.6) is 0 Å². The summed E-state index contributed by atoms with van der Waals surface area (Å²) >= 11 is 12.9. The van der Waals surface area contributed by atoms with E-state index in [0.29, 0.717) is 5.11 Å². The molecule has 1 N–H and O–H groups in total. The van der Waals surface area contributed by atoms with Crippen LogP contribution < -0.4 is 15.1 Å². The van der Waals surface area contributed by atoms with Crippen LogP contribution in [-0.2, 0) is 0 Å². The van der Waals surface area contributed by atoms with Crippen LogP contribution in [0.2, 0.25) is 5.02 Å². The van der Waals surface area contributed by atoms with Crippen LogP contribution in [0.15, 0.2) is 72.9 Å². The molecule has 2 aromatic carbocycles. The van der Waals surface area contributed by atoms with Crippen LogP contribution in [0.1, 0.15) is 54.5 Å². The van der Waals surface area contributed by atoms with Gasteiger partial charge in [-0.15, -0.1) is 0 Å². The number of thiocarbonyl (C=S) groups is 1. The Labute approximate surface area is 245 Å². The van der Waals surface area contributed by atoms with Crippen molar-refractivity contribution in [2.75, 3.05) is 22.9 Å². The van der Waals surface area contributed by atoms with Gasteiger partial charge in [-0.1, -0.05) is 24.6 Å². The molecular formula is C32H33ClFN5S. The van der Waals surface area contributed by atoms with Crippen LogP contribution in [0, 0.1) is 25.6 Å². The van der Waals surface area contributed by atoms with Crippen molar-refractivity contribution >= 4 is 40.3 Å². The van der Waals surface area contributed by atoms with Crippen molar-refractivity contribution in [1.82, 2.24) is 14.9 Å². The molecule has 0 aliphatic carbocycles. The monoisotopic (exact) mass is 573 g/mol. The van der Waals surface area contributed by atoms with Gasteiger partial charge in [-0.05, 0) is 111 Å². The average molecular weight is 574 g/mol. The third-order valence-corrected chi connectivity index (χ3v) is 8.92. The van der Waals surface area contributed by atoms with Crippen molar-refractivity contribution in [2.24, 2.45) is 5.92 Å². The maximum absolute atomic E-state index is 13.7. The molecule has 2 saturated heterocycles. The van der Waals surface area contributed by atoms with Crippen LogP contribution in [-0.4, -0.2) is 27.8 Å². The van der Waals surface area contributed by atoms with E-state index >= 15 is 0 Å². The average Bonchev–Trinajstić information content (AvgIpc) is 3.45. The second-order valence-electron chi connectivity index (χ2n) is 10.9. The molecule has 2 aromatic heterocycles. The summed E-state index contributed by atoms with van der Waals surface area (Å²) in [6.45, 7) is 8.53. The molecule has 0 spiro atoms. The molecule has 0 radical (unpaired) electrons. The molecule has 5 nitrogen and oxygen atoms in total. The Hall–Kier alpha value is -3.42. The number of aromatic nitrogens is 2. The fourth-order valence-corrected chi connectivity index (χ4v) is 6.82. The van der Waals surface area contributed by atoms with E-state index in [9.17, 15) is 4.39 Å². The quantitative estimate of drug-likeness (QED) is 0.248. The van der Waals surface area contributed by atoms with Gasteiger partial charge in [0.15, 0.2) is 5.11 Å². The zero-order chi connectivity index (χ0) is 28.0. The second-order valence-corrected chi connectivity index (χ2v) is 11.7. The summed E-state index contributed by atoms with van der Waals surface area (Å²) in [5, 5.41) is 4.91. The molecule has 8 heteroatoms. The van der Waals surface area contributed by atoms with E-state index in [-0.39, 0.29) is 17.9 Å². The van der Waals surface area contributed by atoms with E-state index in [1.807, 2.05) is 42.6 Å². The van der Waals surface area contributed by atoms with Gasteiger partial charge >= 0.3 is 0 Å². The van der Waals surface area contributed by atoms with Crippen molar-refractivity contribution in [1.29, 1.82) is 0 Å². The fourth-order valence-electron chi connectivity index (χ4n) is 6.18. The summed E-state index contributed by atoms with van der Waals surface area (Å²) in [6.07, 6.45) is 4.16. The third kappa shape index (κ3) is 4.86. The molecule has 6 rings (SSSR count). The zero-order valence-electron chi connectivity index (χ0n) is 22.9. The number of anilines is 2. The molecule has 2 aliphatic heterocycles. The smallest absolute Gasteiger partial charge is 0.174 e. The fraction of sp³-hybridized carbons (Fsp3) is 0.312. The number of aryl methyl sites for hydroxylation is 1. The lowest BCUT2D eigenvalue weighted by atomic mass is 9.96. The SMILES string of the molecule is Cc1cc([C@@H]2[C@H](c3ccccn3)NC(=S)N2c2ccc(N3CCC(C)CC3)c(Cl)c2)c(C)n1-c1ccc(F)cc1. The molecule has 4 heterocycles. The van der Waals surface area contributed by atoms with E-state index in [4.69, 9.17) is 28.8 Å². The summed E-state index contributed by atoms with van der Waals surface area (Å²) < 4.78 is 15.9. The van der Waals surface area contributed by atoms with Gasteiger partial charge in [0.25, 0.3) is 0 Å². The van der Waals surface area contributed by atoms with E-state index in [1.165, 1.54) is 25.0 Å². The number of benzene rings is 2. The van der Waals surface area contributed by atoms with E-state index in [1.54, 1.807) is 0 Å². The normalized spacial score (nSPS) is 19.8. The van der Waals surface area contributed by atoms with E-state index < -0.39 is 0 Å². The van der Waals surface area contributed by atoms with Crippen molar-refractivity contribution in [3.63, 3.8) is 0 Å². The summed E-state index contributed by atoms with van der Waals surface area (Å²) in [5.41, 5.74) is 7.08. The number of halogens is 2. The maximum Gasteiger partial charge on any atom is 0.174 e. The van der Waals surface area contributed by atoms with Crippen molar-refractivity contribution < 1.29 is 4.39 Å². The summed E-state index contributed by atoms with van der Waals surface area (Å²) in [6, 6.07) is 20.7. The number of piperidine rings is 1. The predicted octanol–water partition coefficient (Wildman–Crippen LogP) is 7.70. The van der Waals surface area contributed by atoms with Gasteiger partial charge in [-0.25, -0.2) is 4.39 Å². The van der Waals surface area contributed by atoms with Gasteiger partial charge < -0.3 is 19.7 Å². The van der Waals surface area contributed by atoms with Crippen LogP contribution in [0.25, 0.3) is 5.69 Å². The summed E-state index contributed by atoms with van der Waals surface area (Å²) in [5.74, 6) is 0.498. The standard InChI is InChI=1S/C32H33ClFN5S/c1-20-13-16-37(17-14-20)29-12-11-25(19-27(29)33)39-31(30(36-32(39)40)28-6-4-5-15-35-28)26-18-21(2)38(22(26)3)24-9-7-23(34)8-10-24/h4-12,15,18-20,30-31H,13-14,16-17H2,1-3H3,(H,36,40)/t30-,31+/m0/s1. The first-order valence-corrected chi connectivity index (χ1v) is 14.6. The van der Waals surface area contributed by atoms with Gasteiger partial charge in [-0.3, -0.25) is 4.98 Å². The van der Waals surface area contributed by atoms with E-state index in [0.717, 1.165) is 63.7 Å². The summed E-state index contributed by atoms with van der Waals surface area (Å²) in [4.78, 5) is 9.25. The number of hydrogen-bond acceptors (Lipinski definition) is 3. The Kier molecular flexibility index (Phi) is 7.27. The molecule has 2 fully saturated rings. The molecule has 2 aliphatic rings. The molecule has 206 valence electrons. The van der Waals surface area contributed by atoms with Crippen LogP contribution in [0.4, 0.5) is 15.8 Å². The van der Waals surface area contributed by atoms with Gasteiger partial charge in [0.05, 0.1) is 28.5 Å². The highest BCUT2D eigenvalue weighted by atomic mass is 35.5. The zero-order valence-corrected chi connectivity index (χ0v) is 24.5. The largest absolute Gasteiger partial charge is 0.370 e. The molecular weight excluding hydrogens is 541 g/mol. The molecule has 4 aromatic rings. The first-order valence-electron chi connectivity index (χ1n) is 13.8. The Morgan fingerprint density at radius 3 is 2.38 bits per heavy atom. The van der Waals surface area contributed by atoms with Crippen LogP contribution in [0.3, 0.4) is 0 Å². The highest BCUT2D eigenvalue weighted by molar-refractivity contribution is 7.80. The minimum absolute atomic E-state index is 0.166. The van der Waals surface area contributed by atoms with E-state index in [2.05, 4.69) is 58.7 Å². The van der Waals surface area contributed by atoms with Crippen LogP contribution >= 0.6 is 23.8 Å². The Balaban J connectivity index is 1.43. The van der Waals surface area contributed by atoms with Gasteiger partial charge in [0.1, 0.15) is 5.82 Å². The minimum Gasteiger partial charge on any atom is -0.370 e. The molecule has 0 amide bonds. The Morgan fingerprint density at radius 1 is 0.975 bits per heavy atom. The lowest BCUT2D eigenvalue weighted by Gasteiger charge is -2.33. The first-order chi connectivity index (χ1) is 19.3. The highest BCUT2D eigenvalue weighted by Crippen LogP contribution is 2.45. The minimum atomic E-state index is -0.252.